The van der Waals surface area contributed by atoms with Crippen LogP contribution in [0.15, 0.2) is 46.8 Å². The van der Waals surface area contributed by atoms with Crippen LogP contribution in [0.5, 0.6) is 0 Å². The van der Waals surface area contributed by atoms with Crippen molar-refractivity contribution < 1.29 is 0 Å². The van der Waals surface area contributed by atoms with Crippen molar-refractivity contribution in [3.63, 3.8) is 0 Å². The van der Waals surface area contributed by atoms with Crippen LogP contribution in [0.25, 0.3) is 0 Å². The van der Waals surface area contributed by atoms with E-state index in [1.165, 1.54) is 0 Å². The maximum Gasteiger partial charge on any atom is 0.250 e. The summed E-state index contributed by atoms with van der Waals surface area (Å²) < 4.78 is 1.70. The molecule has 5 heteroatoms. The van der Waals surface area contributed by atoms with Crippen molar-refractivity contribution in [1.29, 1.82) is 0 Å². The van der Waals surface area contributed by atoms with Crippen LogP contribution in [0, 0.1) is 0 Å². The lowest BCUT2D eigenvalue weighted by molar-refractivity contribution is 0.598. The molecule has 0 saturated carbocycles. The largest absolute Gasteiger partial charge is 0.370 e. The Balaban J connectivity index is 2.21. The number of nitrogens with one attached hydrogen (secondary N) is 1. The normalized spacial score (nSPS) is 11.2. The van der Waals surface area contributed by atoms with Crippen molar-refractivity contribution in [3.05, 3.63) is 47.4 Å². The minimum atomic E-state index is 0.0353. The van der Waals surface area contributed by atoms with Gasteiger partial charge in [-0.1, -0.05) is 12.1 Å². The van der Waals surface area contributed by atoms with Crippen LogP contribution in [0.1, 0.15) is 12.8 Å². The third-order valence-electron chi connectivity index (χ3n) is 2.42. The molecule has 98 valence electrons. The highest BCUT2D eigenvalue weighted by Crippen LogP contribution is 1.93. The van der Waals surface area contributed by atoms with Crippen molar-refractivity contribution in [2.45, 2.75) is 19.4 Å². The summed E-state index contributed by atoms with van der Waals surface area (Å²) in [6.07, 6.45) is 5.33. The molecule has 0 fully saturated rings. The number of nitrogens with two attached hydrogens (primary N) is 1. The first-order valence-corrected chi connectivity index (χ1v) is 6.04. The second-order valence-corrected chi connectivity index (χ2v) is 3.88. The van der Waals surface area contributed by atoms with Gasteiger partial charge < -0.3 is 15.6 Å². The molecule has 0 amide bonds. The minimum Gasteiger partial charge on any atom is -0.370 e. The van der Waals surface area contributed by atoms with Gasteiger partial charge in [0.15, 0.2) is 5.96 Å². The Labute approximate surface area is 107 Å². The van der Waals surface area contributed by atoms with E-state index in [0.29, 0.717) is 19.0 Å². The predicted molar refractivity (Wildman–Crippen MR) is 74.6 cm³/mol. The molecule has 18 heavy (non-hydrogen) atoms. The fourth-order valence-corrected chi connectivity index (χ4v) is 1.47. The van der Waals surface area contributed by atoms with E-state index < -0.39 is 0 Å². The van der Waals surface area contributed by atoms with Crippen LogP contribution in [0.4, 0.5) is 0 Å². The maximum absolute atomic E-state index is 11.4. The van der Waals surface area contributed by atoms with Crippen molar-refractivity contribution in [1.82, 2.24) is 9.88 Å². The van der Waals surface area contributed by atoms with Crippen molar-refractivity contribution in [3.8, 4) is 0 Å². The summed E-state index contributed by atoms with van der Waals surface area (Å²) in [4.78, 5) is 15.6. The van der Waals surface area contributed by atoms with Crippen LogP contribution < -0.4 is 16.6 Å². The number of rotatable bonds is 7. The van der Waals surface area contributed by atoms with E-state index in [4.69, 9.17) is 5.73 Å². The molecule has 3 N–H and O–H groups in total. The van der Waals surface area contributed by atoms with Gasteiger partial charge in [-0.05, 0) is 18.9 Å². The molecule has 1 heterocycles. The lowest BCUT2D eigenvalue weighted by atomic mass is 10.3. The molecule has 0 atom stereocenters. The number of hydrogen-bond donors (Lipinski definition) is 2. The van der Waals surface area contributed by atoms with E-state index in [1.807, 2.05) is 6.07 Å². The Morgan fingerprint density at radius 2 is 2.33 bits per heavy atom. The molecule has 0 radical (unpaired) electrons. The molecule has 0 aliphatic rings. The average Bonchev–Trinajstić information content (AvgIpc) is 2.38. The van der Waals surface area contributed by atoms with Crippen LogP contribution >= 0.6 is 0 Å². The summed E-state index contributed by atoms with van der Waals surface area (Å²) in [6, 6.07) is 5.17. The van der Waals surface area contributed by atoms with Crippen molar-refractivity contribution in [2.24, 2.45) is 10.7 Å². The number of nitrogens with zero attached hydrogens (tertiary/aromatic N) is 2. The Kier molecular flexibility index (Phi) is 6.32. The maximum atomic E-state index is 11.4. The number of aryl methyl sites for hydroxylation is 1. The molecule has 1 aromatic rings. The van der Waals surface area contributed by atoms with Gasteiger partial charge in [-0.3, -0.25) is 9.79 Å². The van der Waals surface area contributed by atoms with Gasteiger partial charge in [0, 0.05) is 31.9 Å². The lowest BCUT2D eigenvalue weighted by Gasteiger charge is -2.04. The molecule has 0 saturated heterocycles. The zero-order valence-electron chi connectivity index (χ0n) is 10.5. The fourth-order valence-electron chi connectivity index (χ4n) is 1.47. The first-order chi connectivity index (χ1) is 8.74. The van der Waals surface area contributed by atoms with Gasteiger partial charge in [0.1, 0.15) is 0 Å². The molecule has 0 bridgehead atoms. The van der Waals surface area contributed by atoms with Crippen molar-refractivity contribution in [2.75, 3.05) is 13.1 Å². The van der Waals surface area contributed by atoms with Gasteiger partial charge in [-0.25, -0.2) is 0 Å². The molecule has 0 aliphatic heterocycles. The number of pyridine rings is 1. The molecular formula is C13H20N4O. The second kappa shape index (κ2) is 8.11. The monoisotopic (exact) mass is 248 g/mol. The van der Waals surface area contributed by atoms with Crippen LogP contribution in [0.3, 0.4) is 0 Å². The van der Waals surface area contributed by atoms with E-state index in [0.717, 1.165) is 19.4 Å². The summed E-state index contributed by atoms with van der Waals surface area (Å²) in [5, 5.41) is 2.90. The minimum absolute atomic E-state index is 0.0353. The summed E-state index contributed by atoms with van der Waals surface area (Å²) in [7, 11) is 0. The number of aromatic nitrogens is 1. The Morgan fingerprint density at radius 1 is 1.50 bits per heavy atom. The zero-order valence-corrected chi connectivity index (χ0v) is 10.5. The summed E-state index contributed by atoms with van der Waals surface area (Å²) in [5.74, 6) is 0.437. The SMILES string of the molecule is C=CCNC(N)=NCCCCn1ccccc1=O. The van der Waals surface area contributed by atoms with E-state index in [2.05, 4.69) is 16.9 Å². The number of hydrogen-bond acceptors (Lipinski definition) is 2. The third-order valence-corrected chi connectivity index (χ3v) is 2.42. The molecule has 0 unspecified atom stereocenters. The first kappa shape index (κ1) is 14.0. The van der Waals surface area contributed by atoms with Crippen molar-refractivity contribution >= 4 is 5.96 Å². The molecule has 0 spiro atoms. The molecular weight excluding hydrogens is 228 g/mol. The van der Waals surface area contributed by atoms with Gasteiger partial charge in [0.05, 0.1) is 0 Å². The van der Waals surface area contributed by atoms with Crippen LogP contribution in [-0.4, -0.2) is 23.6 Å². The van der Waals surface area contributed by atoms with Gasteiger partial charge in [-0.15, -0.1) is 6.58 Å². The Bertz CT molecular complexity index is 450. The average molecular weight is 248 g/mol. The smallest absolute Gasteiger partial charge is 0.250 e. The standard InChI is InChI=1S/C13H20N4O/c1-2-8-15-13(14)16-9-4-6-11-17-10-5-3-7-12(17)18/h2-3,5,7,10H,1,4,6,8-9,11H2,(H3,14,15,16). The third kappa shape index (κ3) is 5.34. The van der Waals surface area contributed by atoms with Gasteiger partial charge in [-0.2, -0.15) is 0 Å². The summed E-state index contributed by atoms with van der Waals surface area (Å²) in [6.45, 7) is 5.58. The summed E-state index contributed by atoms with van der Waals surface area (Å²) >= 11 is 0. The predicted octanol–water partition coefficient (Wildman–Crippen LogP) is 0.719. The quantitative estimate of drug-likeness (QED) is 0.323. The van der Waals surface area contributed by atoms with Gasteiger partial charge >= 0.3 is 0 Å². The van der Waals surface area contributed by atoms with Gasteiger partial charge in [0.25, 0.3) is 0 Å². The molecule has 1 rings (SSSR count). The van der Waals surface area contributed by atoms with Crippen LogP contribution in [-0.2, 0) is 6.54 Å². The number of guanidine groups is 1. The molecule has 1 aromatic heterocycles. The van der Waals surface area contributed by atoms with E-state index in [-0.39, 0.29) is 5.56 Å². The van der Waals surface area contributed by atoms with Gasteiger partial charge in [0.2, 0.25) is 5.56 Å². The molecule has 5 nitrogen and oxygen atoms in total. The highest BCUT2D eigenvalue weighted by molar-refractivity contribution is 5.77. The number of unbranched alkanes of at least 4 members (excludes halogenated alkanes) is 1. The highest BCUT2D eigenvalue weighted by atomic mass is 16.1. The van der Waals surface area contributed by atoms with E-state index in [1.54, 1.807) is 29.0 Å². The highest BCUT2D eigenvalue weighted by Gasteiger charge is 1.94. The molecule has 0 aromatic carbocycles. The van der Waals surface area contributed by atoms with Crippen LogP contribution in [0.2, 0.25) is 0 Å². The Hall–Kier alpha value is -2.04. The topological polar surface area (TPSA) is 72.4 Å². The number of aliphatic imine (C=N–C) groups is 1. The molecule has 0 aliphatic carbocycles. The lowest BCUT2D eigenvalue weighted by Crippen LogP contribution is -2.31. The van der Waals surface area contributed by atoms with E-state index in [9.17, 15) is 4.79 Å². The summed E-state index contributed by atoms with van der Waals surface area (Å²) in [5.41, 5.74) is 5.65. The first-order valence-electron chi connectivity index (χ1n) is 6.04. The second-order valence-electron chi connectivity index (χ2n) is 3.88. The Morgan fingerprint density at radius 3 is 3.06 bits per heavy atom. The fraction of sp³-hybridized carbons (Fsp3) is 0.385. The zero-order chi connectivity index (χ0) is 13.2. The van der Waals surface area contributed by atoms with E-state index >= 15 is 0 Å².